The molecule has 0 aromatic heterocycles. The Morgan fingerprint density at radius 2 is 1.55 bits per heavy atom. The van der Waals surface area contributed by atoms with E-state index < -0.39 is 39.9 Å². The average Bonchev–Trinajstić information content (AvgIpc) is 2.90. The van der Waals surface area contributed by atoms with Crippen molar-refractivity contribution in [2.45, 2.75) is 57.6 Å². The number of carbonyl (C=O) groups excluding carboxylic acids is 2. The lowest BCUT2D eigenvalue weighted by atomic mass is 10.1. The van der Waals surface area contributed by atoms with Crippen molar-refractivity contribution in [1.29, 1.82) is 0 Å². The standard InChI is InChI=1S/C30H36FN3O5S/c1-6-39-26-16-14-25(15-17-26)34(40(37,38)27-18-12-24(31)13-19-27)21-28(35)33(20-23-10-8-7-9-11-23)22(2)29(36)32-30(3,4)5/h7-19,22H,6,20-21H2,1-5H3,(H,32,36)/t22-/m1/s1. The predicted molar refractivity (Wildman–Crippen MR) is 153 cm³/mol. The molecule has 1 N–H and O–H groups in total. The van der Waals surface area contributed by atoms with Crippen molar-refractivity contribution >= 4 is 27.5 Å². The van der Waals surface area contributed by atoms with E-state index in [2.05, 4.69) is 5.32 Å². The van der Waals surface area contributed by atoms with E-state index in [1.807, 2.05) is 58.0 Å². The summed E-state index contributed by atoms with van der Waals surface area (Å²) in [5.41, 5.74) is 0.459. The van der Waals surface area contributed by atoms with Gasteiger partial charge >= 0.3 is 0 Å². The van der Waals surface area contributed by atoms with Crippen molar-refractivity contribution in [3.05, 3.63) is 90.2 Å². The van der Waals surface area contributed by atoms with Crippen LogP contribution in [-0.2, 0) is 26.2 Å². The zero-order valence-electron chi connectivity index (χ0n) is 23.4. The van der Waals surface area contributed by atoms with Crippen molar-refractivity contribution in [3.8, 4) is 5.75 Å². The Hall–Kier alpha value is -3.92. The van der Waals surface area contributed by atoms with E-state index in [4.69, 9.17) is 4.74 Å². The largest absolute Gasteiger partial charge is 0.494 e. The van der Waals surface area contributed by atoms with Gasteiger partial charge in [0.15, 0.2) is 0 Å². The van der Waals surface area contributed by atoms with E-state index in [1.165, 1.54) is 17.0 Å². The van der Waals surface area contributed by atoms with Gasteiger partial charge in [-0.15, -0.1) is 0 Å². The highest BCUT2D eigenvalue weighted by Gasteiger charge is 2.33. The van der Waals surface area contributed by atoms with Gasteiger partial charge in [0.1, 0.15) is 24.2 Å². The van der Waals surface area contributed by atoms with Crippen LogP contribution in [0.15, 0.2) is 83.8 Å². The second-order valence-electron chi connectivity index (χ2n) is 10.3. The molecule has 0 saturated heterocycles. The maximum absolute atomic E-state index is 13.9. The Bertz CT molecular complexity index is 1390. The number of anilines is 1. The molecule has 3 rings (SSSR count). The molecule has 0 radical (unpaired) electrons. The van der Waals surface area contributed by atoms with Crippen LogP contribution in [0.1, 0.15) is 40.2 Å². The van der Waals surface area contributed by atoms with Crippen LogP contribution in [0, 0.1) is 5.82 Å². The first-order valence-corrected chi connectivity index (χ1v) is 14.4. The van der Waals surface area contributed by atoms with Crippen LogP contribution in [0.4, 0.5) is 10.1 Å². The van der Waals surface area contributed by atoms with Crippen LogP contribution in [-0.4, -0.2) is 49.9 Å². The molecule has 2 amide bonds. The zero-order valence-corrected chi connectivity index (χ0v) is 24.2. The first-order valence-electron chi connectivity index (χ1n) is 13.0. The maximum atomic E-state index is 13.9. The summed E-state index contributed by atoms with van der Waals surface area (Å²) < 4.78 is 47.6. The molecule has 214 valence electrons. The molecule has 10 heteroatoms. The zero-order chi connectivity index (χ0) is 29.5. The lowest BCUT2D eigenvalue weighted by molar-refractivity contribution is -0.140. The third kappa shape index (κ3) is 8.05. The number of hydrogen-bond acceptors (Lipinski definition) is 5. The topological polar surface area (TPSA) is 96.0 Å². The number of nitrogens with one attached hydrogen (secondary N) is 1. The van der Waals surface area contributed by atoms with Gasteiger partial charge in [0.25, 0.3) is 10.0 Å². The molecule has 0 aliphatic carbocycles. The lowest BCUT2D eigenvalue weighted by Gasteiger charge is -2.33. The Morgan fingerprint density at radius 1 is 0.950 bits per heavy atom. The van der Waals surface area contributed by atoms with Crippen LogP contribution in [0.25, 0.3) is 0 Å². The van der Waals surface area contributed by atoms with Gasteiger partial charge in [-0.2, -0.15) is 0 Å². The summed E-state index contributed by atoms with van der Waals surface area (Å²) in [6.07, 6.45) is 0. The third-order valence-corrected chi connectivity index (χ3v) is 7.77. The van der Waals surface area contributed by atoms with Gasteiger partial charge in [-0.1, -0.05) is 30.3 Å². The van der Waals surface area contributed by atoms with Crippen molar-refractivity contribution in [1.82, 2.24) is 10.2 Å². The normalized spacial score (nSPS) is 12.3. The average molecular weight is 570 g/mol. The molecule has 0 unspecified atom stereocenters. The summed E-state index contributed by atoms with van der Waals surface area (Å²) in [7, 11) is -4.29. The molecule has 0 aliphatic heterocycles. The summed E-state index contributed by atoms with van der Waals surface area (Å²) in [5, 5.41) is 2.89. The Labute approximate surface area is 235 Å². The van der Waals surface area contributed by atoms with E-state index in [9.17, 15) is 22.4 Å². The summed E-state index contributed by atoms with van der Waals surface area (Å²) >= 11 is 0. The fraction of sp³-hybridized carbons (Fsp3) is 0.333. The Morgan fingerprint density at radius 3 is 2.10 bits per heavy atom. The number of hydrogen-bond donors (Lipinski definition) is 1. The molecule has 40 heavy (non-hydrogen) atoms. The molecule has 0 saturated carbocycles. The van der Waals surface area contributed by atoms with E-state index in [0.29, 0.717) is 12.4 Å². The molecule has 0 spiro atoms. The number of sulfonamides is 1. The molecular formula is C30H36FN3O5S. The second-order valence-corrected chi connectivity index (χ2v) is 12.2. The lowest BCUT2D eigenvalue weighted by Crippen LogP contribution is -2.54. The highest BCUT2D eigenvalue weighted by molar-refractivity contribution is 7.92. The number of carbonyl (C=O) groups is 2. The van der Waals surface area contributed by atoms with Gasteiger partial charge in [-0.05, 0) is 88.7 Å². The van der Waals surface area contributed by atoms with Crippen molar-refractivity contribution in [2.24, 2.45) is 0 Å². The molecule has 3 aromatic carbocycles. The molecule has 0 heterocycles. The van der Waals surface area contributed by atoms with Crippen LogP contribution < -0.4 is 14.4 Å². The number of ether oxygens (including phenoxy) is 1. The fourth-order valence-electron chi connectivity index (χ4n) is 3.97. The number of amides is 2. The van der Waals surface area contributed by atoms with Crippen molar-refractivity contribution in [2.75, 3.05) is 17.5 Å². The van der Waals surface area contributed by atoms with Gasteiger partial charge in [-0.3, -0.25) is 13.9 Å². The Kier molecular flexibility index (Phi) is 9.92. The molecule has 0 fully saturated rings. The van der Waals surface area contributed by atoms with Gasteiger partial charge < -0.3 is 15.0 Å². The maximum Gasteiger partial charge on any atom is 0.264 e. The molecule has 1 atom stereocenters. The SMILES string of the molecule is CCOc1ccc(N(CC(=O)N(Cc2ccccc2)[C@H](C)C(=O)NC(C)(C)C)S(=O)(=O)c2ccc(F)cc2)cc1. The van der Waals surface area contributed by atoms with Crippen LogP contribution in [0.5, 0.6) is 5.75 Å². The summed E-state index contributed by atoms with van der Waals surface area (Å²) in [4.78, 5) is 28.2. The van der Waals surface area contributed by atoms with Gasteiger partial charge in [-0.25, -0.2) is 12.8 Å². The summed E-state index contributed by atoms with van der Waals surface area (Å²) in [6, 6.07) is 18.9. The Balaban J connectivity index is 2.02. The minimum atomic E-state index is -4.29. The molecule has 8 nitrogen and oxygen atoms in total. The summed E-state index contributed by atoms with van der Waals surface area (Å²) in [5.74, 6) is -1.00. The van der Waals surface area contributed by atoms with Crippen LogP contribution >= 0.6 is 0 Å². The first-order chi connectivity index (χ1) is 18.8. The highest BCUT2D eigenvalue weighted by atomic mass is 32.2. The smallest absolute Gasteiger partial charge is 0.264 e. The van der Waals surface area contributed by atoms with Crippen molar-refractivity contribution < 1.29 is 27.1 Å². The van der Waals surface area contributed by atoms with Crippen LogP contribution in [0.2, 0.25) is 0 Å². The van der Waals surface area contributed by atoms with Crippen molar-refractivity contribution in [3.63, 3.8) is 0 Å². The van der Waals surface area contributed by atoms with E-state index >= 15 is 0 Å². The number of benzene rings is 3. The third-order valence-electron chi connectivity index (χ3n) is 5.98. The van der Waals surface area contributed by atoms with Crippen LogP contribution in [0.3, 0.4) is 0 Å². The predicted octanol–water partition coefficient (Wildman–Crippen LogP) is 4.75. The quantitative estimate of drug-likeness (QED) is 0.360. The highest BCUT2D eigenvalue weighted by Crippen LogP contribution is 2.27. The first kappa shape index (κ1) is 30.6. The number of rotatable bonds is 11. The minimum absolute atomic E-state index is 0.0894. The molecular weight excluding hydrogens is 533 g/mol. The van der Waals surface area contributed by atoms with E-state index in [-0.39, 0.29) is 23.0 Å². The van der Waals surface area contributed by atoms with E-state index in [1.54, 1.807) is 19.1 Å². The number of halogens is 1. The molecule has 0 bridgehead atoms. The van der Waals surface area contributed by atoms with Gasteiger partial charge in [0.05, 0.1) is 17.2 Å². The minimum Gasteiger partial charge on any atom is -0.494 e. The van der Waals surface area contributed by atoms with Gasteiger partial charge in [0, 0.05) is 12.1 Å². The summed E-state index contributed by atoms with van der Waals surface area (Å²) in [6.45, 7) is 8.88. The second kappa shape index (κ2) is 13.0. The fourth-order valence-corrected chi connectivity index (χ4v) is 5.39. The monoisotopic (exact) mass is 569 g/mol. The number of nitrogens with zero attached hydrogens (tertiary/aromatic N) is 2. The molecule has 3 aromatic rings. The van der Waals surface area contributed by atoms with E-state index in [0.717, 1.165) is 34.1 Å². The molecule has 0 aliphatic rings. The van der Waals surface area contributed by atoms with Gasteiger partial charge in [0.2, 0.25) is 11.8 Å².